The van der Waals surface area contributed by atoms with Gasteiger partial charge in [0.1, 0.15) is 0 Å². The van der Waals surface area contributed by atoms with Crippen molar-refractivity contribution in [2.45, 2.75) is 151 Å². The van der Waals surface area contributed by atoms with Crippen LogP contribution in [0.1, 0.15) is 145 Å². The first-order valence-corrected chi connectivity index (χ1v) is 31.4. The van der Waals surface area contributed by atoms with Crippen LogP contribution >= 0.6 is 0 Å². The van der Waals surface area contributed by atoms with Crippen LogP contribution in [0.15, 0.2) is 72.8 Å². The summed E-state index contributed by atoms with van der Waals surface area (Å²) in [5, 5.41) is 67.9. The van der Waals surface area contributed by atoms with E-state index in [1.165, 1.54) is 0 Å². The van der Waals surface area contributed by atoms with Crippen molar-refractivity contribution in [3.63, 3.8) is 0 Å². The van der Waals surface area contributed by atoms with Crippen LogP contribution in [0.4, 0.5) is 0 Å². The molecule has 4 aromatic rings. The zero-order chi connectivity index (χ0) is 74.2. The summed E-state index contributed by atoms with van der Waals surface area (Å²) in [6, 6.07) is 18.8. The quantitative estimate of drug-likeness (QED) is 0.0295. The summed E-state index contributed by atoms with van der Waals surface area (Å²) < 4.78 is 47.8. The molecule has 0 aromatic carbocycles. The molecular weight excluding hydrogens is 1380 g/mol. The molecule has 0 saturated heterocycles. The Labute approximate surface area is 576 Å². The molecule has 0 fully saturated rings. The second-order valence-corrected chi connectivity index (χ2v) is 17.3. The Morgan fingerprint density at radius 3 is 0.462 bits per heavy atom. The zero-order valence-electron chi connectivity index (χ0n) is 53.1. The third-order valence-corrected chi connectivity index (χ3v) is 8.46. The number of nitrogens with zero attached hydrogens (tertiary/aromatic N) is 4. The van der Waals surface area contributed by atoms with E-state index in [4.69, 9.17) is 98.0 Å². The fraction of sp³-hybridized carbons (Fsp3) is 0.509. The van der Waals surface area contributed by atoms with Crippen molar-refractivity contribution in [1.29, 1.82) is 0 Å². The number of carbonyl (C=O) groups is 8. The normalized spacial score (nSPS) is 8.58. The number of unbranched alkanes of at least 4 members (excludes halogenated alkanes) is 3. The van der Waals surface area contributed by atoms with E-state index < -0.39 is 80.9 Å². The number of carboxylic acid groups (broad SMARTS) is 8. The Bertz CT molecular complexity index is 2030. The number of aliphatic carboxylic acids is 8. The SMILES string of the molecule is CCCC[NH-].CCCC[NH-].CCCC[NH-].CCC[NH-].CCC[NH-].CCC[NH-].O=C(O)Cc1cccc(CC(=O)O)n1.O=C(O)Cc1cccc(CC(=O)O)n1.O=C(O)Cc1cccc(CC(=O)O)n1.O=C(O)Cc1cccc(CC(=O)O)n1.[O]=[V+2].[O]=[V+2].[O]=[V][OH].[O]=[V][OH]. The van der Waals surface area contributed by atoms with Crippen molar-refractivity contribution in [3.05, 3.63) is 153 Å². The van der Waals surface area contributed by atoms with Crippen molar-refractivity contribution in [2.24, 2.45) is 0 Å². The van der Waals surface area contributed by atoms with Gasteiger partial charge in [0.2, 0.25) is 0 Å². The first-order chi connectivity index (χ1) is 44.1. The summed E-state index contributed by atoms with van der Waals surface area (Å²) in [5.41, 5.74) is 42.1. The van der Waals surface area contributed by atoms with Crippen molar-refractivity contribution >= 4 is 47.8 Å². The van der Waals surface area contributed by atoms with Crippen LogP contribution in [0.3, 0.4) is 0 Å². The standard InChI is InChI=1S/4C9H9NO4.3C4H10N.3C3H8N.2H2O.4O.4V/c4*11-8(12)4-6-2-1-3-7(10-6)5-9(13)14;3*1-2-3-4-5;3*1-2-3-4;;;;;;;;;;/h4*1-3H,4-5H2,(H,11,12)(H,13,14);3*5H,2-4H2,1H3;3*4H,2-3H2,1H3;2*1H2;;;;;;;;/q;;;;6*-1;;;;;;;2*+1;2*+2/p-2. The van der Waals surface area contributed by atoms with Gasteiger partial charge in [0.15, 0.2) is 0 Å². The maximum absolute atomic E-state index is 10.3. The fourth-order valence-corrected chi connectivity index (χ4v) is 4.67. The van der Waals surface area contributed by atoms with E-state index in [1.807, 2.05) is 20.8 Å². The second-order valence-electron chi connectivity index (χ2n) is 16.8. The third-order valence-electron chi connectivity index (χ3n) is 8.46. The van der Waals surface area contributed by atoms with Gasteiger partial charge >= 0.3 is 138 Å². The van der Waals surface area contributed by atoms with Crippen LogP contribution in [0.5, 0.6) is 0 Å². The molecule has 32 nitrogen and oxygen atoms in total. The summed E-state index contributed by atoms with van der Waals surface area (Å²) in [5.74, 6) is -7.85. The molecule has 0 amide bonds. The molecule has 16 N–H and O–H groups in total. The molecule has 4 heterocycles. The molecule has 0 aliphatic carbocycles. The Hall–Kier alpha value is -6.42. The van der Waals surface area contributed by atoms with Crippen LogP contribution < -0.4 is 0 Å². The number of nitrogens with one attached hydrogen (secondary N) is 6. The predicted octanol–water partition coefficient (Wildman–Crippen LogP) is 9.61. The van der Waals surface area contributed by atoms with E-state index >= 15 is 0 Å². The zero-order valence-corrected chi connectivity index (χ0v) is 58.7. The molecule has 0 aliphatic heterocycles. The Morgan fingerprint density at radius 2 is 0.409 bits per heavy atom. The molecule has 524 valence electrons. The summed E-state index contributed by atoms with van der Waals surface area (Å²) >= 11 is -1.00. The van der Waals surface area contributed by atoms with Crippen molar-refractivity contribution in [1.82, 2.24) is 19.9 Å². The van der Waals surface area contributed by atoms with E-state index in [-0.39, 0.29) is 51.4 Å². The van der Waals surface area contributed by atoms with Gasteiger partial charge in [-0.1, -0.05) is 124 Å². The van der Waals surface area contributed by atoms with E-state index in [9.17, 15) is 38.4 Å². The summed E-state index contributed by atoms with van der Waals surface area (Å²) in [4.78, 5) is 98.3. The maximum atomic E-state index is 10.3. The molecule has 0 radical (unpaired) electrons. The van der Waals surface area contributed by atoms with Crippen molar-refractivity contribution < 1.29 is 170 Å². The van der Waals surface area contributed by atoms with Crippen molar-refractivity contribution in [2.75, 3.05) is 39.3 Å². The number of hydrogen-bond acceptors (Lipinski definition) is 16. The molecule has 4 aromatic heterocycles. The first kappa shape index (κ1) is 108. The molecule has 0 bridgehead atoms. The van der Waals surface area contributed by atoms with Gasteiger partial charge in [-0.2, -0.15) is 39.3 Å². The Kier molecular flexibility index (Phi) is 104. The van der Waals surface area contributed by atoms with Gasteiger partial charge in [-0.3, -0.25) is 58.3 Å². The van der Waals surface area contributed by atoms with Crippen LogP contribution in [0.25, 0.3) is 34.4 Å². The molecule has 0 atom stereocenters. The van der Waals surface area contributed by atoms with E-state index in [0.29, 0.717) is 84.8 Å². The summed E-state index contributed by atoms with van der Waals surface area (Å²) in [6.45, 7) is 15.7. The molecule has 0 saturated carbocycles. The fourth-order valence-electron chi connectivity index (χ4n) is 4.67. The van der Waals surface area contributed by atoms with Crippen molar-refractivity contribution in [3.8, 4) is 0 Å². The van der Waals surface area contributed by atoms with Gasteiger partial charge in [-0.25, -0.2) is 0 Å². The van der Waals surface area contributed by atoms with Crippen LogP contribution in [-0.2, 0) is 172 Å². The molecule has 93 heavy (non-hydrogen) atoms. The predicted molar refractivity (Wildman–Crippen MR) is 326 cm³/mol. The summed E-state index contributed by atoms with van der Waals surface area (Å²) in [6.07, 6.45) is 8.10. The number of hydrogen-bond donors (Lipinski definition) is 10. The van der Waals surface area contributed by atoms with Gasteiger partial charge < -0.3 is 75.3 Å². The number of carboxylic acids is 8. The Balaban J connectivity index is -0.000000105. The number of aromatic nitrogens is 4. The van der Waals surface area contributed by atoms with Gasteiger partial charge in [0, 0.05) is 0 Å². The number of rotatable bonds is 25. The van der Waals surface area contributed by atoms with E-state index in [0.717, 1.165) is 92.5 Å². The van der Waals surface area contributed by atoms with Gasteiger partial charge in [0.25, 0.3) is 0 Å². The van der Waals surface area contributed by atoms with E-state index in [2.05, 4.69) is 40.7 Å². The minimum atomic E-state index is -1.56. The average Bonchev–Trinajstić information content (AvgIpc) is 2.28. The van der Waals surface area contributed by atoms with Gasteiger partial charge in [-0.15, -0.1) is 0 Å². The molecular formula is C57H92N10O22V4-2. The number of pyridine rings is 4. The van der Waals surface area contributed by atoms with Crippen LogP contribution in [0.2, 0.25) is 0 Å². The third kappa shape index (κ3) is 107. The Morgan fingerprint density at radius 1 is 0.301 bits per heavy atom. The summed E-state index contributed by atoms with van der Waals surface area (Å²) in [7, 11) is 0. The molecule has 36 heteroatoms. The van der Waals surface area contributed by atoms with Crippen LogP contribution in [0, 0.1) is 0 Å². The van der Waals surface area contributed by atoms with Gasteiger partial charge in [-0.05, 0) is 48.5 Å². The monoisotopic (exact) mass is 1470 g/mol. The molecule has 0 aliphatic rings. The molecule has 4 rings (SSSR count). The molecule has 0 unspecified atom stereocenters. The van der Waals surface area contributed by atoms with Crippen LogP contribution in [-0.4, -0.2) is 156 Å². The van der Waals surface area contributed by atoms with E-state index in [1.54, 1.807) is 72.8 Å². The topological polar surface area (TPSA) is 602 Å². The average molecular weight is 1470 g/mol. The second kappa shape index (κ2) is 89.8. The molecule has 0 spiro atoms. The minimum absolute atomic E-state index is 0.187. The van der Waals surface area contributed by atoms with Gasteiger partial charge in [0.05, 0.1) is 96.9 Å². The first-order valence-electron chi connectivity index (χ1n) is 27.8.